The second-order valence-electron chi connectivity index (χ2n) is 6.17. The number of rotatable bonds is 3. The van der Waals surface area contributed by atoms with E-state index in [1.807, 2.05) is 13.8 Å². The highest BCUT2D eigenvalue weighted by Gasteiger charge is 2.35. The smallest absolute Gasteiger partial charge is 0.335 e. The van der Waals surface area contributed by atoms with Crippen molar-refractivity contribution < 1.29 is 18.3 Å². The van der Waals surface area contributed by atoms with Crippen LogP contribution in [0.15, 0.2) is 18.2 Å². The molecule has 0 bridgehead atoms. The summed E-state index contributed by atoms with van der Waals surface area (Å²) in [5, 5.41) is 9.29. The monoisotopic (exact) mass is 297 g/mol. The molecule has 1 atom stereocenters. The van der Waals surface area contributed by atoms with Crippen LogP contribution in [0.1, 0.15) is 47.8 Å². The van der Waals surface area contributed by atoms with E-state index in [9.17, 15) is 18.3 Å². The standard InChI is InChI=1S/C14H19NO4S/c1-14(2)7-11-9(5-4-6-10(11)13(16)17)12(8-14)15-20(3,18)19/h4-6,12,15H,7-8H2,1-3H3,(H,16,17). The molecule has 1 aromatic rings. The van der Waals surface area contributed by atoms with Crippen LogP contribution in [0.5, 0.6) is 0 Å². The highest BCUT2D eigenvalue weighted by Crippen LogP contribution is 2.42. The maximum absolute atomic E-state index is 11.5. The third-order valence-electron chi connectivity index (χ3n) is 3.59. The number of benzene rings is 1. The van der Waals surface area contributed by atoms with Gasteiger partial charge in [0, 0.05) is 6.04 Å². The van der Waals surface area contributed by atoms with Crippen molar-refractivity contribution in [1.82, 2.24) is 4.72 Å². The molecule has 0 heterocycles. The number of fused-ring (bicyclic) bond motifs is 1. The zero-order valence-corrected chi connectivity index (χ0v) is 12.6. The van der Waals surface area contributed by atoms with Crippen LogP contribution in [-0.4, -0.2) is 25.7 Å². The number of hydrogen-bond donors (Lipinski definition) is 2. The average molecular weight is 297 g/mol. The summed E-state index contributed by atoms with van der Waals surface area (Å²) in [7, 11) is -3.35. The predicted octanol–water partition coefficient (Wildman–Crippen LogP) is 1.95. The van der Waals surface area contributed by atoms with E-state index in [0.29, 0.717) is 12.8 Å². The number of carboxylic acids is 1. The number of hydrogen-bond acceptors (Lipinski definition) is 3. The fraction of sp³-hybridized carbons (Fsp3) is 0.500. The highest BCUT2D eigenvalue weighted by atomic mass is 32.2. The van der Waals surface area contributed by atoms with E-state index in [1.54, 1.807) is 18.2 Å². The van der Waals surface area contributed by atoms with E-state index in [-0.39, 0.29) is 17.0 Å². The molecule has 6 heteroatoms. The van der Waals surface area contributed by atoms with Crippen LogP contribution < -0.4 is 4.72 Å². The fourth-order valence-electron chi connectivity index (χ4n) is 2.91. The SMILES string of the molecule is CC1(C)Cc2c(C(=O)O)cccc2C(NS(C)(=O)=O)C1. The number of nitrogens with one attached hydrogen (secondary N) is 1. The summed E-state index contributed by atoms with van der Waals surface area (Å²) in [6.07, 6.45) is 2.40. The molecule has 20 heavy (non-hydrogen) atoms. The Balaban J connectivity index is 2.55. The Labute approximate surface area is 119 Å². The van der Waals surface area contributed by atoms with E-state index >= 15 is 0 Å². The van der Waals surface area contributed by atoms with Gasteiger partial charge < -0.3 is 5.11 Å². The molecule has 2 rings (SSSR count). The Morgan fingerprint density at radius 2 is 2.05 bits per heavy atom. The topological polar surface area (TPSA) is 83.5 Å². The van der Waals surface area contributed by atoms with Gasteiger partial charge in [-0.3, -0.25) is 0 Å². The van der Waals surface area contributed by atoms with Gasteiger partial charge in [-0.25, -0.2) is 17.9 Å². The zero-order valence-electron chi connectivity index (χ0n) is 11.8. The molecular formula is C14H19NO4S. The molecule has 2 N–H and O–H groups in total. The molecule has 1 aromatic carbocycles. The first-order valence-electron chi connectivity index (χ1n) is 6.41. The summed E-state index contributed by atoms with van der Waals surface area (Å²) >= 11 is 0. The summed E-state index contributed by atoms with van der Waals surface area (Å²) in [6, 6.07) is 4.67. The van der Waals surface area contributed by atoms with Gasteiger partial charge in [-0.15, -0.1) is 0 Å². The third kappa shape index (κ3) is 3.19. The molecule has 1 aliphatic rings. The van der Waals surface area contributed by atoms with E-state index in [4.69, 9.17) is 0 Å². The minimum atomic E-state index is -3.35. The Morgan fingerprint density at radius 3 is 2.60 bits per heavy atom. The van der Waals surface area contributed by atoms with Crippen molar-refractivity contribution in [2.24, 2.45) is 5.41 Å². The molecule has 0 fully saturated rings. The van der Waals surface area contributed by atoms with E-state index < -0.39 is 16.0 Å². The summed E-state index contributed by atoms with van der Waals surface area (Å²) in [5.74, 6) is -0.974. The van der Waals surface area contributed by atoms with Gasteiger partial charge in [0.15, 0.2) is 0 Å². The molecule has 0 aliphatic heterocycles. The molecule has 0 amide bonds. The lowest BCUT2D eigenvalue weighted by Crippen LogP contribution is -2.36. The maximum atomic E-state index is 11.5. The quantitative estimate of drug-likeness (QED) is 0.893. The van der Waals surface area contributed by atoms with Gasteiger partial charge >= 0.3 is 5.97 Å². The van der Waals surface area contributed by atoms with Crippen molar-refractivity contribution in [2.45, 2.75) is 32.7 Å². The molecule has 0 spiro atoms. The van der Waals surface area contributed by atoms with E-state index in [1.165, 1.54) is 0 Å². The predicted molar refractivity (Wildman–Crippen MR) is 76.2 cm³/mol. The van der Waals surface area contributed by atoms with Gasteiger partial charge in [0.05, 0.1) is 11.8 Å². The zero-order chi connectivity index (χ0) is 15.1. The summed E-state index contributed by atoms with van der Waals surface area (Å²) < 4.78 is 25.6. The van der Waals surface area contributed by atoms with Gasteiger partial charge in [0.1, 0.15) is 0 Å². The summed E-state index contributed by atoms with van der Waals surface area (Å²) in [4.78, 5) is 11.3. The molecule has 0 saturated carbocycles. The maximum Gasteiger partial charge on any atom is 0.335 e. The van der Waals surface area contributed by atoms with Crippen LogP contribution in [0.3, 0.4) is 0 Å². The molecule has 1 aliphatic carbocycles. The lowest BCUT2D eigenvalue weighted by Gasteiger charge is -2.37. The van der Waals surface area contributed by atoms with Crippen LogP contribution in [0.2, 0.25) is 0 Å². The minimum absolute atomic E-state index is 0.152. The first-order valence-corrected chi connectivity index (χ1v) is 8.31. The molecule has 1 unspecified atom stereocenters. The Kier molecular flexibility index (Phi) is 3.64. The van der Waals surface area contributed by atoms with Crippen LogP contribution in [0, 0.1) is 5.41 Å². The second-order valence-corrected chi connectivity index (χ2v) is 7.95. The van der Waals surface area contributed by atoms with Gasteiger partial charge in [0.25, 0.3) is 0 Å². The van der Waals surface area contributed by atoms with E-state index in [0.717, 1.165) is 17.4 Å². The summed E-state index contributed by atoms with van der Waals surface area (Å²) in [6.45, 7) is 4.04. The van der Waals surface area contributed by atoms with Gasteiger partial charge in [-0.1, -0.05) is 26.0 Å². The van der Waals surface area contributed by atoms with Gasteiger partial charge in [-0.2, -0.15) is 0 Å². The second kappa shape index (κ2) is 4.86. The minimum Gasteiger partial charge on any atom is -0.478 e. The van der Waals surface area contributed by atoms with Crippen LogP contribution in [-0.2, 0) is 16.4 Å². The van der Waals surface area contributed by atoms with Crippen molar-refractivity contribution >= 4 is 16.0 Å². The first-order chi connectivity index (χ1) is 9.09. The van der Waals surface area contributed by atoms with Crippen LogP contribution in [0.4, 0.5) is 0 Å². The lowest BCUT2D eigenvalue weighted by molar-refractivity contribution is 0.0694. The molecule has 0 aromatic heterocycles. The number of aromatic carboxylic acids is 1. The fourth-order valence-corrected chi connectivity index (χ4v) is 3.63. The van der Waals surface area contributed by atoms with Crippen molar-refractivity contribution in [3.63, 3.8) is 0 Å². The lowest BCUT2D eigenvalue weighted by atomic mass is 9.71. The van der Waals surface area contributed by atoms with Gasteiger partial charge in [0.2, 0.25) is 10.0 Å². The molecular weight excluding hydrogens is 278 g/mol. The number of sulfonamides is 1. The highest BCUT2D eigenvalue weighted by molar-refractivity contribution is 7.88. The average Bonchev–Trinajstić information content (AvgIpc) is 2.24. The third-order valence-corrected chi connectivity index (χ3v) is 4.30. The van der Waals surface area contributed by atoms with Crippen molar-refractivity contribution in [3.05, 3.63) is 34.9 Å². The van der Waals surface area contributed by atoms with Crippen LogP contribution >= 0.6 is 0 Å². The normalized spacial score (nSPS) is 21.2. The van der Waals surface area contributed by atoms with Crippen LogP contribution in [0.25, 0.3) is 0 Å². The number of carbonyl (C=O) groups is 1. The molecule has 5 nitrogen and oxygen atoms in total. The Bertz CT molecular complexity index is 649. The molecule has 0 radical (unpaired) electrons. The van der Waals surface area contributed by atoms with E-state index in [2.05, 4.69) is 4.72 Å². The largest absolute Gasteiger partial charge is 0.478 e. The Hall–Kier alpha value is -1.40. The van der Waals surface area contributed by atoms with Crippen molar-refractivity contribution in [3.8, 4) is 0 Å². The van der Waals surface area contributed by atoms with Crippen molar-refractivity contribution in [1.29, 1.82) is 0 Å². The summed E-state index contributed by atoms with van der Waals surface area (Å²) in [5.41, 5.74) is 1.61. The first kappa shape index (κ1) is 15.0. The number of carboxylic acid groups (broad SMARTS) is 1. The Morgan fingerprint density at radius 1 is 1.40 bits per heavy atom. The molecule has 110 valence electrons. The van der Waals surface area contributed by atoms with Crippen molar-refractivity contribution in [2.75, 3.05) is 6.26 Å². The van der Waals surface area contributed by atoms with Gasteiger partial charge in [-0.05, 0) is 35.4 Å². The molecule has 0 saturated heterocycles.